The zero-order valence-corrected chi connectivity index (χ0v) is 10.1. The van der Waals surface area contributed by atoms with Crippen LogP contribution in [0.3, 0.4) is 0 Å². The molecular weight excluding hydrogens is 230 g/mol. The Morgan fingerprint density at radius 2 is 2.33 bits per heavy atom. The average Bonchev–Trinajstić information content (AvgIpc) is 2.03. The molecule has 0 atom stereocenters. The first-order valence-electron chi connectivity index (χ1n) is 3.38. The van der Waals surface area contributed by atoms with Gasteiger partial charge in [-0.3, -0.25) is 4.98 Å². The normalized spacial score (nSPS) is 7.75. The maximum absolute atomic E-state index is 5.22. The second-order valence-corrected chi connectivity index (χ2v) is 1.94. The van der Waals surface area contributed by atoms with Crippen LogP contribution in [0.2, 0.25) is 0 Å². The van der Waals surface area contributed by atoms with Gasteiger partial charge in [0.05, 0.1) is 6.61 Å². The molecule has 0 aromatic carbocycles. The second kappa shape index (κ2) is 9.29. The molecule has 0 aliphatic rings. The predicted molar refractivity (Wildman–Crippen MR) is 44.6 cm³/mol. The molecule has 0 saturated carbocycles. The monoisotopic (exact) mass is 239 g/mol. The Kier molecular flexibility index (Phi) is 11.4. The molecule has 0 spiro atoms. The maximum atomic E-state index is 5.22. The van der Waals surface area contributed by atoms with Crippen molar-refractivity contribution in [3.05, 3.63) is 24.4 Å². The van der Waals surface area contributed by atoms with Gasteiger partial charge in [0.1, 0.15) is 5.88 Å². The van der Waals surface area contributed by atoms with E-state index in [0.717, 1.165) is 13.0 Å². The van der Waals surface area contributed by atoms with Crippen molar-refractivity contribution in [3.8, 4) is 5.88 Å². The third-order valence-electron chi connectivity index (χ3n) is 1.04. The van der Waals surface area contributed by atoms with E-state index in [1.807, 2.05) is 0 Å². The molecule has 0 N–H and O–H groups in total. The van der Waals surface area contributed by atoms with E-state index in [-0.39, 0.29) is 40.0 Å². The van der Waals surface area contributed by atoms with Crippen molar-refractivity contribution in [2.75, 3.05) is 6.61 Å². The summed E-state index contributed by atoms with van der Waals surface area (Å²) in [4.78, 5) is 3.94. The summed E-state index contributed by atoms with van der Waals surface area (Å²) in [6.07, 6.45) is 2.62. The summed E-state index contributed by atoms with van der Waals surface area (Å²) in [5.74, 6) is 0.681. The van der Waals surface area contributed by atoms with Gasteiger partial charge in [-0.15, -0.1) is 6.07 Å². The molecule has 4 heteroatoms. The van der Waals surface area contributed by atoms with Gasteiger partial charge in [0, 0.05) is 0 Å². The molecule has 2 nitrogen and oxygen atoms in total. The molecule has 0 radical (unpaired) electrons. The van der Waals surface area contributed by atoms with E-state index in [4.69, 9.17) is 4.74 Å². The van der Waals surface area contributed by atoms with Gasteiger partial charge < -0.3 is 21.7 Å². The van der Waals surface area contributed by atoms with E-state index >= 15 is 0 Å². The van der Waals surface area contributed by atoms with Crippen LogP contribution in [0.1, 0.15) is 13.3 Å². The van der Waals surface area contributed by atoms with Crippen LogP contribution in [-0.4, -0.2) is 34.6 Å². The molecule has 0 aliphatic heterocycles. The summed E-state index contributed by atoms with van der Waals surface area (Å²) in [7, 11) is 0. The summed E-state index contributed by atoms with van der Waals surface area (Å²) in [6, 6.07) is 6.41. The standard InChI is InChI=1S/C8H10NO.BrH.Mg/c1-2-7-10-8-5-3-4-6-9-8;;/h3,5-6H,2,7H2,1H3;1H;/q-1;;+2/p-1. The van der Waals surface area contributed by atoms with Crippen LogP contribution in [0.25, 0.3) is 0 Å². The number of ether oxygens (including phenoxy) is 1. The molecule has 0 amide bonds. The molecule has 1 aromatic rings. The average molecular weight is 240 g/mol. The summed E-state index contributed by atoms with van der Waals surface area (Å²) in [5, 5.41) is 0. The molecule has 0 fully saturated rings. The van der Waals surface area contributed by atoms with E-state index in [9.17, 15) is 0 Å². The van der Waals surface area contributed by atoms with Gasteiger partial charge >= 0.3 is 23.1 Å². The fraction of sp³-hybridized carbons (Fsp3) is 0.375. The van der Waals surface area contributed by atoms with Crippen LogP contribution >= 0.6 is 0 Å². The van der Waals surface area contributed by atoms with Crippen molar-refractivity contribution >= 4 is 23.1 Å². The first kappa shape index (κ1) is 14.7. The smallest absolute Gasteiger partial charge is 1.00 e. The maximum Gasteiger partial charge on any atom is 2.00 e. The zero-order valence-electron chi connectivity index (χ0n) is 7.09. The Morgan fingerprint density at radius 1 is 1.58 bits per heavy atom. The molecule has 0 aliphatic carbocycles. The van der Waals surface area contributed by atoms with Crippen molar-refractivity contribution < 1.29 is 21.7 Å². The van der Waals surface area contributed by atoms with Crippen molar-refractivity contribution in [1.82, 2.24) is 4.98 Å². The quantitative estimate of drug-likeness (QED) is 0.464. The first-order chi connectivity index (χ1) is 4.93. The van der Waals surface area contributed by atoms with Crippen molar-refractivity contribution in [1.29, 1.82) is 0 Å². The third-order valence-corrected chi connectivity index (χ3v) is 1.04. The van der Waals surface area contributed by atoms with E-state index in [1.165, 1.54) is 0 Å². The van der Waals surface area contributed by atoms with E-state index in [1.54, 1.807) is 18.3 Å². The Morgan fingerprint density at radius 3 is 2.83 bits per heavy atom. The minimum absolute atomic E-state index is 0. The molecule has 12 heavy (non-hydrogen) atoms. The number of aromatic nitrogens is 1. The number of rotatable bonds is 3. The number of nitrogens with zero attached hydrogens (tertiary/aromatic N) is 1. The fourth-order valence-electron chi connectivity index (χ4n) is 0.598. The number of pyridine rings is 1. The number of hydrogen-bond donors (Lipinski definition) is 0. The SMILES string of the molecule is CCCOc1cc[c-]cn1.[Br-].[Mg+2]. The summed E-state index contributed by atoms with van der Waals surface area (Å²) in [5.41, 5.74) is 0. The Labute approximate surface area is 99.6 Å². The van der Waals surface area contributed by atoms with E-state index in [2.05, 4.69) is 18.0 Å². The Hall–Kier alpha value is 0.196. The Bertz CT molecular complexity index is 184. The molecule has 0 bridgehead atoms. The molecule has 1 aromatic heterocycles. The summed E-state index contributed by atoms with van der Waals surface area (Å²) < 4.78 is 5.22. The van der Waals surface area contributed by atoms with Crippen molar-refractivity contribution in [2.24, 2.45) is 0 Å². The molecular formula is C8H10BrMgNO. The molecule has 0 unspecified atom stereocenters. The van der Waals surface area contributed by atoms with E-state index < -0.39 is 0 Å². The largest absolute Gasteiger partial charge is 2.00 e. The molecule has 1 rings (SSSR count). The van der Waals surface area contributed by atoms with Crippen LogP contribution in [-0.2, 0) is 0 Å². The van der Waals surface area contributed by atoms with Gasteiger partial charge in [-0.05, 0) is 6.42 Å². The van der Waals surface area contributed by atoms with Gasteiger partial charge in [-0.2, -0.15) is 0 Å². The summed E-state index contributed by atoms with van der Waals surface area (Å²) in [6.45, 7) is 2.80. The Balaban J connectivity index is 0. The minimum atomic E-state index is 0. The molecule has 0 saturated heterocycles. The number of halogens is 1. The fourth-order valence-corrected chi connectivity index (χ4v) is 0.598. The van der Waals surface area contributed by atoms with Gasteiger partial charge in [0.15, 0.2) is 0 Å². The van der Waals surface area contributed by atoms with Crippen LogP contribution in [0.15, 0.2) is 18.3 Å². The van der Waals surface area contributed by atoms with Crippen LogP contribution in [0.4, 0.5) is 0 Å². The van der Waals surface area contributed by atoms with Crippen LogP contribution in [0, 0.1) is 6.07 Å². The van der Waals surface area contributed by atoms with Crippen molar-refractivity contribution in [3.63, 3.8) is 0 Å². The molecule has 1 heterocycles. The molecule has 62 valence electrons. The van der Waals surface area contributed by atoms with Gasteiger partial charge in [-0.1, -0.05) is 13.1 Å². The van der Waals surface area contributed by atoms with Crippen LogP contribution in [0.5, 0.6) is 5.88 Å². The third kappa shape index (κ3) is 5.80. The topological polar surface area (TPSA) is 22.1 Å². The number of hydrogen-bond acceptors (Lipinski definition) is 2. The van der Waals surface area contributed by atoms with Gasteiger partial charge in [0.2, 0.25) is 0 Å². The van der Waals surface area contributed by atoms with Crippen LogP contribution < -0.4 is 21.7 Å². The minimum Gasteiger partial charge on any atom is -1.00 e. The summed E-state index contributed by atoms with van der Waals surface area (Å²) >= 11 is 0. The van der Waals surface area contributed by atoms with Gasteiger partial charge in [0.25, 0.3) is 0 Å². The zero-order chi connectivity index (χ0) is 7.23. The second-order valence-electron chi connectivity index (χ2n) is 1.94. The first-order valence-corrected chi connectivity index (χ1v) is 3.38. The van der Waals surface area contributed by atoms with Gasteiger partial charge in [-0.25, -0.2) is 12.1 Å². The van der Waals surface area contributed by atoms with Crippen molar-refractivity contribution in [2.45, 2.75) is 13.3 Å². The van der Waals surface area contributed by atoms with E-state index in [0.29, 0.717) is 5.88 Å². The predicted octanol–water partition coefficient (Wildman–Crippen LogP) is -1.71.